The average Bonchev–Trinajstić information content (AvgIpc) is 2.44. The van der Waals surface area contributed by atoms with Gasteiger partial charge in [-0.2, -0.15) is 0 Å². The number of aliphatic hydroxyl groups is 1. The Hall–Kier alpha value is -0.360. The second-order valence-electron chi connectivity index (χ2n) is 4.35. The lowest BCUT2D eigenvalue weighted by atomic mass is 10.0. The van der Waals surface area contributed by atoms with Gasteiger partial charge in [-0.3, -0.25) is 0 Å². The molecule has 106 valence electrons. The molecule has 0 bridgehead atoms. The summed E-state index contributed by atoms with van der Waals surface area (Å²) in [5, 5.41) is 10.4. The van der Waals surface area contributed by atoms with E-state index in [1.165, 1.54) is 0 Å². The Morgan fingerprint density at radius 2 is 1.70 bits per heavy atom. The van der Waals surface area contributed by atoms with Gasteiger partial charge in [0.25, 0.3) is 0 Å². The van der Waals surface area contributed by atoms with Crippen molar-refractivity contribution >= 4 is 47.8 Å². The van der Waals surface area contributed by atoms with E-state index in [0.717, 1.165) is 30.3 Å². The number of halogens is 3. The Balaban J connectivity index is 2.22. The first-order valence-electron chi connectivity index (χ1n) is 5.96. The van der Waals surface area contributed by atoms with Crippen molar-refractivity contribution in [3.8, 4) is 5.75 Å². The van der Waals surface area contributed by atoms with Crippen molar-refractivity contribution in [3.63, 3.8) is 0 Å². The fourth-order valence-electron chi connectivity index (χ4n) is 1.88. The zero-order chi connectivity index (χ0) is 14.7. The Morgan fingerprint density at radius 3 is 2.35 bits per heavy atom. The second kappa shape index (κ2) is 7.07. The number of ether oxygens (including phenoxy) is 1. The fraction of sp³-hybridized carbons (Fsp3) is 0.200. The predicted molar refractivity (Wildman–Crippen MR) is 91.2 cm³/mol. The minimum Gasteiger partial charge on any atom is -0.497 e. The Kier molecular flexibility index (Phi) is 5.66. The lowest BCUT2D eigenvalue weighted by Gasteiger charge is -2.14. The topological polar surface area (TPSA) is 29.5 Å². The van der Waals surface area contributed by atoms with Gasteiger partial charge in [0.05, 0.1) is 13.2 Å². The predicted octanol–water partition coefficient (Wildman–Crippen LogP) is 5.26. The van der Waals surface area contributed by atoms with E-state index in [1.54, 1.807) is 7.11 Å². The van der Waals surface area contributed by atoms with E-state index in [-0.39, 0.29) is 0 Å². The van der Waals surface area contributed by atoms with Crippen LogP contribution in [0.15, 0.2) is 49.8 Å². The minimum absolute atomic E-state index is 0.520. The molecule has 1 unspecified atom stereocenters. The summed E-state index contributed by atoms with van der Waals surface area (Å²) < 4.78 is 8.08. The SMILES string of the molecule is COc1ccc(Br)c(CC(O)c2ccc(Br)c(Br)c2)c1. The van der Waals surface area contributed by atoms with Crippen LogP contribution in [0.1, 0.15) is 17.2 Å². The minimum atomic E-state index is -0.567. The van der Waals surface area contributed by atoms with Gasteiger partial charge < -0.3 is 9.84 Å². The Morgan fingerprint density at radius 1 is 1.00 bits per heavy atom. The molecule has 5 heteroatoms. The Bertz CT molecular complexity index is 614. The third-order valence-corrected chi connectivity index (χ3v) is 5.65. The summed E-state index contributed by atoms with van der Waals surface area (Å²) in [6, 6.07) is 11.5. The van der Waals surface area contributed by atoms with Crippen LogP contribution in [-0.4, -0.2) is 12.2 Å². The van der Waals surface area contributed by atoms with Crippen molar-refractivity contribution in [3.05, 3.63) is 60.9 Å². The van der Waals surface area contributed by atoms with Gasteiger partial charge in [0.15, 0.2) is 0 Å². The molecule has 1 atom stereocenters. The third kappa shape index (κ3) is 3.85. The first-order valence-corrected chi connectivity index (χ1v) is 8.34. The van der Waals surface area contributed by atoms with Crippen LogP contribution in [0.5, 0.6) is 5.75 Å². The monoisotopic (exact) mass is 462 g/mol. The van der Waals surface area contributed by atoms with Crippen molar-refractivity contribution in [1.82, 2.24) is 0 Å². The van der Waals surface area contributed by atoms with Gasteiger partial charge in [-0.15, -0.1) is 0 Å². The normalized spacial score (nSPS) is 12.2. The molecular formula is C15H13Br3O2. The molecule has 0 aromatic heterocycles. The van der Waals surface area contributed by atoms with Crippen LogP contribution in [0.4, 0.5) is 0 Å². The molecule has 0 saturated carbocycles. The van der Waals surface area contributed by atoms with Gasteiger partial charge in [-0.1, -0.05) is 22.0 Å². The van der Waals surface area contributed by atoms with E-state index in [4.69, 9.17) is 4.74 Å². The number of aliphatic hydroxyl groups excluding tert-OH is 1. The van der Waals surface area contributed by atoms with E-state index in [0.29, 0.717) is 6.42 Å². The quantitative estimate of drug-likeness (QED) is 0.669. The van der Waals surface area contributed by atoms with Crippen LogP contribution in [0.2, 0.25) is 0 Å². The van der Waals surface area contributed by atoms with Gasteiger partial charge in [-0.25, -0.2) is 0 Å². The zero-order valence-corrected chi connectivity index (χ0v) is 15.5. The smallest absolute Gasteiger partial charge is 0.119 e. The molecule has 20 heavy (non-hydrogen) atoms. The molecule has 2 aromatic carbocycles. The molecule has 0 spiro atoms. The van der Waals surface area contributed by atoms with Gasteiger partial charge in [0, 0.05) is 19.8 Å². The summed E-state index contributed by atoms with van der Waals surface area (Å²) in [7, 11) is 1.63. The highest BCUT2D eigenvalue weighted by molar-refractivity contribution is 9.13. The number of methoxy groups -OCH3 is 1. The van der Waals surface area contributed by atoms with Crippen LogP contribution < -0.4 is 4.74 Å². The van der Waals surface area contributed by atoms with Gasteiger partial charge >= 0.3 is 0 Å². The standard InChI is InChI=1S/C15H13Br3O2/c1-20-11-3-5-12(16)10(6-11)8-15(19)9-2-4-13(17)14(18)7-9/h2-7,15,19H,8H2,1H3. The molecule has 1 N–H and O–H groups in total. The molecule has 0 aliphatic carbocycles. The van der Waals surface area contributed by atoms with Crippen LogP contribution in [0, 0.1) is 0 Å². The van der Waals surface area contributed by atoms with Crippen molar-refractivity contribution in [2.75, 3.05) is 7.11 Å². The van der Waals surface area contributed by atoms with E-state index >= 15 is 0 Å². The number of hydrogen-bond acceptors (Lipinski definition) is 2. The first-order chi connectivity index (χ1) is 9.51. The summed E-state index contributed by atoms with van der Waals surface area (Å²) in [5.74, 6) is 0.785. The van der Waals surface area contributed by atoms with Crippen LogP contribution >= 0.6 is 47.8 Å². The molecule has 0 aliphatic rings. The highest BCUT2D eigenvalue weighted by atomic mass is 79.9. The summed E-state index contributed by atoms with van der Waals surface area (Å²) in [6.45, 7) is 0. The molecule has 0 saturated heterocycles. The van der Waals surface area contributed by atoms with E-state index in [2.05, 4.69) is 47.8 Å². The van der Waals surface area contributed by atoms with Crippen molar-refractivity contribution < 1.29 is 9.84 Å². The van der Waals surface area contributed by atoms with Crippen molar-refractivity contribution in [2.24, 2.45) is 0 Å². The maximum Gasteiger partial charge on any atom is 0.119 e. The number of benzene rings is 2. The lowest BCUT2D eigenvalue weighted by molar-refractivity contribution is 0.178. The fourth-order valence-corrected chi connectivity index (χ4v) is 2.93. The lowest BCUT2D eigenvalue weighted by Crippen LogP contribution is -2.03. The molecule has 0 fully saturated rings. The van der Waals surface area contributed by atoms with Crippen LogP contribution in [0.25, 0.3) is 0 Å². The van der Waals surface area contributed by atoms with Gasteiger partial charge in [0.1, 0.15) is 5.75 Å². The number of hydrogen-bond donors (Lipinski definition) is 1. The molecule has 0 aliphatic heterocycles. The average molecular weight is 465 g/mol. The van der Waals surface area contributed by atoms with E-state index in [1.807, 2.05) is 36.4 Å². The summed E-state index contributed by atoms with van der Waals surface area (Å²) in [4.78, 5) is 0. The van der Waals surface area contributed by atoms with Crippen LogP contribution in [-0.2, 0) is 6.42 Å². The molecular weight excluding hydrogens is 452 g/mol. The van der Waals surface area contributed by atoms with E-state index < -0.39 is 6.10 Å². The van der Waals surface area contributed by atoms with Gasteiger partial charge in [-0.05, 0) is 73.3 Å². The van der Waals surface area contributed by atoms with Crippen LogP contribution in [0.3, 0.4) is 0 Å². The molecule has 0 amide bonds. The highest BCUT2D eigenvalue weighted by Crippen LogP contribution is 2.30. The Labute approximate surface area is 143 Å². The van der Waals surface area contributed by atoms with Crippen molar-refractivity contribution in [1.29, 1.82) is 0 Å². The zero-order valence-electron chi connectivity index (χ0n) is 10.7. The maximum atomic E-state index is 10.4. The highest BCUT2D eigenvalue weighted by Gasteiger charge is 2.13. The maximum absolute atomic E-state index is 10.4. The largest absolute Gasteiger partial charge is 0.497 e. The second-order valence-corrected chi connectivity index (χ2v) is 6.91. The summed E-state index contributed by atoms with van der Waals surface area (Å²) in [5.41, 5.74) is 1.88. The number of rotatable bonds is 4. The molecule has 2 rings (SSSR count). The molecule has 2 aromatic rings. The van der Waals surface area contributed by atoms with Gasteiger partial charge in [0.2, 0.25) is 0 Å². The molecule has 0 radical (unpaired) electrons. The third-order valence-electron chi connectivity index (χ3n) is 2.99. The summed E-state index contributed by atoms with van der Waals surface area (Å²) >= 11 is 10.4. The van der Waals surface area contributed by atoms with E-state index in [9.17, 15) is 5.11 Å². The summed E-state index contributed by atoms with van der Waals surface area (Å²) in [6.07, 6.45) is -0.0471. The first kappa shape index (κ1) is 16.0. The van der Waals surface area contributed by atoms with Crippen molar-refractivity contribution in [2.45, 2.75) is 12.5 Å². The molecule has 0 heterocycles. The molecule has 2 nitrogen and oxygen atoms in total.